The molecule has 1 heterocycles. The van der Waals surface area contributed by atoms with Crippen LogP contribution in [-0.4, -0.2) is 16.8 Å². The van der Waals surface area contributed by atoms with Crippen molar-refractivity contribution in [1.29, 1.82) is 0 Å². The molecule has 2 rings (SSSR count). The van der Waals surface area contributed by atoms with E-state index >= 15 is 0 Å². The van der Waals surface area contributed by atoms with Gasteiger partial charge in [0.25, 0.3) is 0 Å². The minimum atomic E-state index is -0.555. The molecule has 1 atom stereocenters. The van der Waals surface area contributed by atoms with Crippen LogP contribution >= 0.6 is 0 Å². The minimum absolute atomic E-state index is 0.104. The number of furan rings is 1. The van der Waals surface area contributed by atoms with Gasteiger partial charge >= 0.3 is 0 Å². The Bertz CT molecular complexity index is 433. The topological polar surface area (TPSA) is 53.6 Å². The number of aliphatic hydroxyl groups excluding tert-OH is 2. The fourth-order valence-electron chi connectivity index (χ4n) is 1.70. The fourth-order valence-corrected chi connectivity index (χ4v) is 1.70. The molecule has 0 saturated carbocycles. The van der Waals surface area contributed by atoms with Crippen LogP contribution in [0.25, 0.3) is 11.0 Å². The van der Waals surface area contributed by atoms with Gasteiger partial charge in [-0.25, -0.2) is 0 Å². The van der Waals surface area contributed by atoms with Gasteiger partial charge in [0.2, 0.25) is 0 Å². The first-order chi connectivity index (χ1) is 7.33. The predicted molar refractivity (Wildman–Crippen MR) is 57.5 cm³/mol. The van der Waals surface area contributed by atoms with Gasteiger partial charge in [-0.15, -0.1) is 0 Å². The van der Waals surface area contributed by atoms with Crippen molar-refractivity contribution in [2.24, 2.45) is 0 Å². The molecule has 80 valence electrons. The zero-order chi connectivity index (χ0) is 10.7. The van der Waals surface area contributed by atoms with Gasteiger partial charge in [-0.2, -0.15) is 0 Å². The molecule has 0 spiro atoms. The van der Waals surface area contributed by atoms with Gasteiger partial charge in [-0.05, 0) is 18.9 Å². The molecule has 1 unspecified atom stereocenters. The molecule has 15 heavy (non-hydrogen) atoms. The van der Waals surface area contributed by atoms with Gasteiger partial charge in [0, 0.05) is 17.6 Å². The first-order valence-electron chi connectivity index (χ1n) is 5.08. The van der Waals surface area contributed by atoms with Crippen molar-refractivity contribution in [3.63, 3.8) is 0 Å². The lowest BCUT2D eigenvalue weighted by atomic mass is 10.0. The highest BCUT2D eigenvalue weighted by molar-refractivity contribution is 5.81. The molecule has 3 heteroatoms. The smallest absolute Gasteiger partial charge is 0.134 e. The summed E-state index contributed by atoms with van der Waals surface area (Å²) in [5, 5.41) is 19.5. The van der Waals surface area contributed by atoms with Crippen LogP contribution in [-0.2, 0) is 0 Å². The van der Waals surface area contributed by atoms with Crippen LogP contribution in [0, 0.1) is 0 Å². The maximum Gasteiger partial charge on any atom is 0.134 e. The van der Waals surface area contributed by atoms with Crippen molar-refractivity contribution in [2.45, 2.75) is 18.9 Å². The Morgan fingerprint density at radius 2 is 2.07 bits per heavy atom. The lowest BCUT2D eigenvalue weighted by Crippen LogP contribution is -1.97. The highest BCUT2D eigenvalue weighted by Gasteiger charge is 2.13. The summed E-state index contributed by atoms with van der Waals surface area (Å²) in [7, 11) is 0. The Morgan fingerprint density at radius 3 is 2.87 bits per heavy atom. The van der Waals surface area contributed by atoms with E-state index in [2.05, 4.69) is 0 Å². The van der Waals surface area contributed by atoms with Gasteiger partial charge in [0.1, 0.15) is 5.58 Å². The monoisotopic (exact) mass is 206 g/mol. The first-order valence-corrected chi connectivity index (χ1v) is 5.08. The van der Waals surface area contributed by atoms with Crippen molar-refractivity contribution in [3.05, 3.63) is 36.1 Å². The van der Waals surface area contributed by atoms with E-state index in [9.17, 15) is 5.11 Å². The largest absolute Gasteiger partial charge is 0.464 e. The summed E-state index contributed by atoms with van der Waals surface area (Å²) >= 11 is 0. The Hall–Kier alpha value is -1.32. The van der Waals surface area contributed by atoms with Crippen molar-refractivity contribution >= 4 is 11.0 Å². The van der Waals surface area contributed by atoms with E-state index < -0.39 is 6.10 Å². The predicted octanol–water partition coefficient (Wildman–Crippen LogP) is 2.24. The quantitative estimate of drug-likeness (QED) is 0.806. The molecule has 0 aliphatic rings. The minimum Gasteiger partial charge on any atom is -0.464 e. The van der Waals surface area contributed by atoms with E-state index in [1.165, 1.54) is 0 Å². The van der Waals surface area contributed by atoms with Crippen molar-refractivity contribution in [3.8, 4) is 0 Å². The van der Waals surface area contributed by atoms with Crippen LogP contribution in [0.1, 0.15) is 24.5 Å². The van der Waals surface area contributed by atoms with Crippen molar-refractivity contribution < 1.29 is 14.6 Å². The molecular formula is C12H14O3. The molecule has 0 saturated heterocycles. The third kappa shape index (κ3) is 2.03. The molecule has 1 aromatic heterocycles. The number of rotatable bonds is 4. The summed E-state index contributed by atoms with van der Waals surface area (Å²) in [4.78, 5) is 0. The summed E-state index contributed by atoms with van der Waals surface area (Å²) in [6, 6.07) is 7.61. The zero-order valence-corrected chi connectivity index (χ0v) is 8.39. The van der Waals surface area contributed by atoms with Crippen LogP contribution in [0.2, 0.25) is 0 Å². The average molecular weight is 206 g/mol. The Morgan fingerprint density at radius 1 is 1.27 bits per heavy atom. The summed E-state index contributed by atoms with van der Waals surface area (Å²) in [6.45, 7) is 0.104. The number of fused-ring (bicyclic) bond motifs is 1. The van der Waals surface area contributed by atoms with E-state index in [1.54, 1.807) is 6.26 Å². The Kier molecular flexibility index (Phi) is 3.04. The second-order valence-corrected chi connectivity index (χ2v) is 3.57. The SMILES string of the molecule is OCCCC(O)c1coc2ccccc12. The molecule has 0 aliphatic heterocycles. The summed E-state index contributed by atoms with van der Waals surface area (Å²) < 4.78 is 5.33. The second kappa shape index (κ2) is 4.47. The lowest BCUT2D eigenvalue weighted by Gasteiger charge is -2.07. The van der Waals surface area contributed by atoms with E-state index in [-0.39, 0.29) is 6.61 Å². The fraction of sp³-hybridized carbons (Fsp3) is 0.333. The first kappa shape index (κ1) is 10.2. The molecule has 0 bridgehead atoms. The highest BCUT2D eigenvalue weighted by Crippen LogP contribution is 2.28. The van der Waals surface area contributed by atoms with E-state index in [4.69, 9.17) is 9.52 Å². The third-order valence-electron chi connectivity index (χ3n) is 2.51. The maximum absolute atomic E-state index is 9.87. The average Bonchev–Trinajstić information content (AvgIpc) is 2.69. The number of benzene rings is 1. The van der Waals surface area contributed by atoms with Crippen LogP contribution in [0.5, 0.6) is 0 Å². The molecule has 1 aromatic carbocycles. The van der Waals surface area contributed by atoms with E-state index in [0.717, 1.165) is 16.5 Å². The number of hydrogen-bond donors (Lipinski definition) is 2. The van der Waals surface area contributed by atoms with Gasteiger partial charge in [0.15, 0.2) is 0 Å². The number of para-hydroxylation sites is 1. The molecule has 2 N–H and O–H groups in total. The molecule has 0 radical (unpaired) electrons. The maximum atomic E-state index is 9.87. The molecule has 3 nitrogen and oxygen atoms in total. The summed E-state index contributed by atoms with van der Waals surface area (Å²) in [5.74, 6) is 0. The normalized spacial score (nSPS) is 13.2. The molecule has 0 aliphatic carbocycles. The number of aliphatic hydroxyl groups is 2. The van der Waals surface area contributed by atoms with Crippen molar-refractivity contribution in [1.82, 2.24) is 0 Å². The molecule has 0 amide bonds. The summed E-state index contributed by atoms with van der Waals surface area (Å²) in [6.07, 6.45) is 2.19. The van der Waals surface area contributed by atoms with E-state index in [1.807, 2.05) is 24.3 Å². The van der Waals surface area contributed by atoms with Crippen LogP contribution in [0.4, 0.5) is 0 Å². The van der Waals surface area contributed by atoms with Crippen LogP contribution in [0.3, 0.4) is 0 Å². The van der Waals surface area contributed by atoms with Crippen LogP contribution in [0.15, 0.2) is 34.9 Å². The third-order valence-corrected chi connectivity index (χ3v) is 2.51. The molecule has 2 aromatic rings. The van der Waals surface area contributed by atoms with Gasteiger partial charge < -0.3 is 14.6 Å². The van der Waals surface area contributed by atoms with Gasteiger partial charge in [0.05, 0.1) is 12.4 Å². The summed E-state index contributed by atoms with van der Waals surface area (Å²) in [5.41, 5.74) is 1.59. The second-order valence-electron chi connectivity index (χ2n) is 3.57. The lowest BCUT2D eigenvalue weighted by molar-refractivity contribution is 0.152. The molecule has 0 fully saturated rings. The van der Waals surface area contributed by atoms with E-state index in [0.29, 0.717) is 12.8 Å². The van der Waals surface area contributed by atoms with Gasteiger partial charge in [-0.3, -0.25) is 0 Å². The zero-order valence-electron chi connectivity index (χ0n) is 8.39. The van der Waals surface area contributed by atoms with Gasteiger partial charge in [-0.1, -0.05) is 18.2 Å². The Balaban J connectivity index is 2.27. The standard InChI is InChI=1S/C12H14O3/c13-7-3-5-11(14)10-8-15-12-6-2-1-4-9(10)12/h1-2,4,6,8,11,13-14H,3,5,7H2. The Labute approximate surface area is 88.0 Å². The van der Waals surface area contributed by atoms with Crippen LogP contribution < -0.4 is 0 Å². The molecular weight excluding hydrogens is 192 g/mol. The van der Waals surface area contributed by atoms with Crippen molar-refractivity contribution in [2.75, 3.05) is 6.61 Å². The highest BCUT2D eigenvalue weighted by atomic mass is 16.3. The number of hydrogen-bond acceptors (Lipinski definition) is 3.